The molecule has 2 rings (SSSR count). The lowest BCUT2D eigenvalue weighted by atomic mass is 9.97. The van der Waals surface area contributed by atoms with Gasteiger partial charge >= 0.3 is 0 Å². The number of halogens is 2. The van der Waals surface area contributed by atoms with Gasteiger partial charge in [0.05, 0.1) is 14.2 Å². The Morgan fingerprint density at radius 2 is 1.67 bits per heavy atom. The Labute approximate surface area is 131 Å². The maximum atomic E-state index is 13.2. The van der Waals surface area contributed by atoms with E-state index in [4.69, 9.17) is 9.47 Å². The Morgan fingerprint density at radius 3 is 2.24 bits per heavy atom. The molecule has 1 unspecified atom stereocenters. The van der Waals surface area contributed by atoms with Gasteiger partial charge in [0.2, 0.25) is 0 Å². The summed E-state index contributed by atoms with van der Waals surface area (Å²) in [6, 6.07) is 7.73. The van der Waals surface area contributed by atoms with Crippen LogP contribution in [0.1, 0.15) is 22.8 Å². The maximum absolute atomic E-state index is 13.2. The van der Waals surface area contributed by atoms with Gasteiger partial charge in [-0.2, -0.15) is 0 Å². The maximum Gasteiger partial charge on any atom is 0.161 e. The number of methoxy groups -OCH3 is 2. The Kier molecular flexibility index (Phi) is 4.85. The SMILES string of the molecule is COc1cc(C)c(C(O)c2ccc(F)cc2Br)cc1OC. The van der Waals surface area contributed by atoms with Crippen LogP contribution in [0.4, 0.5) is 4.39 Å². The van der Waals surface area contributed by atoms with Crippen molar-refractivity contribution in [1.29, 1.82) is 0 Å². The zero-order valence-electron chi connectivity index (χ0n) is 12.0. The molecule has 1 N–H and O–H groups in total. The smallest absolute Gasteiger partial charge is 0.161 e. The van der Waals surface area contributed by atoms with E-state index in [9.17, 15) is 9.50 Å². The number of aliphatic hydroxyl groups is 1. The standard InChI is InChI=1S/C16H16BrFO3/c1-9-6-14(20-2)15(21-3)8-12(9)16(19)11-5-4-10(18)7-13(11)17/h4-8,16,19H,1-3H3. The fourth-order valence-corrected chi connectivity index (χ4v) is 2.75. The van der Waals surface area contributed by atoms with Gasteiger partial charge in [-0.25, -0.2) is 4.39 Å². The van der Waals surface area contributed by atoms with Crippen LogP contribution in [0.15, 0.2) is 34.8 Å². The van der Waals surface area contributed by atoms with Gasteiger partial charge in [-0.3, -0.25) is 0 Å². The molecule has 0 bridgehead atoms. The molecule has 5 heteroatoms. The zero-order valence-corrected chi connectivity index (χ0v) is 13.6. The van der Waals surface area contributed by atoms with Crippen molar-refractivity contribution in [2.24, 2.45) is 0 Å². The second-order valence-electron chi connectivity index (χ2n) is 4.63. The summed E-state index contributed by atoms with van der Waals surface area (Å²) in [5.41, 5.74) is 2.13. The molecule has 0 aliphatic rings. The predicted octanol–water partition coefficient (Wildman–Crippen LogP) is 4.00. The fourth-order valence-electron chi connectivity index (χ4n) is 2.18. The summed E-state index contributed by atoms with van der Waals surface area (Å²) in [5.74, 6) is 0.779. The highest BCUT2D eigenvalue weighted by Gasteiger charge is 2.19. The monoisotopic (exact) mass is 354 g/mol. The minimum Gasteiger partial charge on any atom is -0.493 e. The van der Waals surface area contributed by atoms with Crippen molar-refractivity contribution >= 4 is 15.9 Å². The number of ether oxygens (including phenoxy) is 2. The lowest BCUT2D eigenvalue weighted by Gasteiger charge is -2.18. The van der Waals surface area contributed by atoms with Crippen LogP contribution >= 0.6 is 15.9 Å². The van der Waals surface area contributed by atoms with Gasteiger partial charge in [-0.1, -0.05) is 22.0 Å². The third kappa shape index (κ3) is 3.19. The largest absolute Gasteiger partial charge is 0.493 e. The topological polar surface area (TPSA) is 38.7 Å². The van der Waals surface area contributed by atoms with E-state index in [1.807, 2.05) is 6.92 Å². The highest BCUT2D eigenvalue weighted by molar-refractivity contribution is 9.10. The van der Waals surface area contributed by atoms with E-state index >= 15 is 0 Å². The average molecular weight is 355 g/mol. The van der Waals surface area contributed by atoms with Crippen molar-refractivity contribution in [2.45, 2.75) is 13.0 Å². The highest BCUT2D eigenvalue weighted by atomic mass is 79.9. The summed E-state index contributed by atoms with van der Waals surface area (Å²) in [4.78, 5) is 0. The average Bonchev–Trinajstić information content (AvgIpc) is 2.46. The van der Waals surface area contributed by atoms with Crippen molar-refractivity contribution < 1.29 is 19.0 Å². The molecular formula is C16H16BrFO3. The lowest BCUT2D eigenvalue weighted by molar-refractivity contribution is 0.217. The summed E-state index contributed by atoms with van der Waals surface area (Å²) in [7, 11) is 3.10. The third-order valence-electron chi connectivity index (χ3n) is 3.32. The number of aryl methyl sites for hydroxylation is 1. The van der Waals surface area contributed by atoms with Crippen LogP contribution in [0.5, 0.6) is 11.5 Å². The Hall–Kier alpha value is -1.59. The van der Waals surface area contributed by atoms with E-state index in [2.05, 4.69) is 15.9 Å². The van der Waals surface area contributed by atoms with Crippen LogP contribution in [-0.2, 0) is 0 Å². The van der Waals surface area contributed by atoms with Crippen molar-refractivity contribution in [3.05, 3.63) is 57.3 Å². The molecule has 2 aromatic rings. The van der Waals surface area contributed by atoms with Gasteiger partial charge in [0, 0.05) is 4.47 Å². The molecule has 0 aliphatic carbocycles. The van der Waals surface area contributed by atoms with Gasteiger partial charge in [0.15, 0.2) is 11.5 Å². The number of hydrogen-bond acceptors (Lipinski definition) is 3. The number of aliphatic hydroxyl groups excluding tert-OH is 1. The minimum absolute atomic E-state index is 0.359. The molecule has 0 amide bonds. The Balaban J connectivity index is 2.50. The van der Waals surface area contributed by atoms with E-state index in [0.717, 1.165) is 5.56 Å². The molecule has 0 saturated carbocycles. The number of hydrogen-bond donors (Lipinski definition) is 1. The van der Waals surface area contributed by atoms with Gasteiger partial charge in [0.25, 0.3) is 0 Å². The summed E-state index contributed by atoms with van der Waals surface area (Å²) < 4.78 is 24.2. The van der Waals surface area contributed by atoms with E-state index in [0.29, 0.717) is 27.1 Å². The normalized spacial score (nSPS) is 12.1. The summed E-state index contributed by atoms with van der Waals surface area (Å²) >= 11 is 3.28. The molecule has 2 aromatic carbocycles. The molecule has 3 nitrogen and oxygen atoms in total. The summed E-state index contributed by atoms with van der Waals surface area (Å²) in [6.07, 6.45) is -0.889. The van der Waals surface area contributed by atoms with Crippen LogP contribution in [0.3, 0.4) is 0 Å². The zero-order chi connectivity index (χ0) is 15.6. The Morgan fingerprint density at radius 1 is 1.05 bits per heavy atom. The first kappa shape index (κ1) is 15.8. The minimum atomic E-state index is -0.889. The first-order valence-corrected chi connectivity index (χ1v) is 7.12. The van der Waals surface area contributed by atoms with Crippen LogP contribution in [0, 0.1) is 12.7 Å². The van der Waals surface area contributed by atoms with Gasteiger partial charge in [0.1, 0.15) is 11.9 Å². The van der Waals surface area contributed by atoms with Crippen LogP contribution < -0.4 is 9.47 Å². The van der Waals surface area contributed by atoms with E-state index in [1.165, 1.54) is 19.2 Å². The number of rotatable bonds is 4. The summed E-state index contributed by atoms with van der Waals surface area (Å²) in [6.45, 7) is 1.87. The van der Waals surface area contributed by atoms with Crippen molar-refractivity contribution in [3.8, 4) is 11.5 Å². The van der Waals surface area contributed by atoms with E-state index in [-0.39, 0.29) is 5.82 Å². The molecule has 0 spiro atoms. The third-order valence-corrected chi connectivity index (χ3v) is 4.01. The molecule has 112 valence electrons. The molecular weight excluding hydrogens is 339 g/mol. The van der Waals surface area contributed by atoms with Gasteiger partial charge in [-0.05, 0) is 47.9 Å². The second kappa shape index (κ2) is 6.45. The quantitative estimate of drug-likeness (QED) is 0.901. The van der Waals surface area contributed by atoms with Crippen molar-refractivity contribution in [3.63, 3.8) is 0 Å². The molecule has 0 saturated heterocycles. The van der Waals surface area contributed by atoms with Crippen LogP contribution in [-0.4, -0.2) is 19.3 Å². The second-order valence-corrected chi connectivity index (χ2v) is 5.49. The summed E-state index contributed by atoms with van der Waals surface area (Å²) in [5, 5.41) is 10.6. The molecule has 0 aliphatic heterocycles. The number of benzene rings is 2. The highest BCUT2D eigenvalue weighted by Crippen LogP contribution is 2.36. The first-order valence-electron chi connectivity index (χ1n) is 6.33. The molecule has 0 fully saturated rings. The van der Waals surface area contributed by atoms with Crippen LogP contribution in [0.25, 0.3) is 0 Å². The van der Waals surface area contributed by atoms with E-state index in [1.54, 1.807) is 25.3 Å². The molecule has 1 atom stereocenters. The van der Waals surface area contributed by atoms with Crippen LogP contribution in [0.2, 0.25) is 0 Å². The van der Waals surface area contributed by atoms with Crippen molar-refractivity contribution in [2.75, 3.05) is 14.2 Å². The predicted molar refractivity (Wildman–Crippen MR) is 82.4 cm³/mol. The molecule has 0 aromatic heterocycles. The van der Waals surface area contributed by atoms with E-state index < -0.39 is 6.10 Å². The molecule has 21 heavy (non-hydrogen) atoms. The van der Waals surface area contributed by atoms with Gasteiger partial charge < -0.3 is 14.6 Å². The van der Waals surface area contributed by atoms with Crippen molar-refractivity contribution in [1.82, 2.24) is 0 Å². The first-order chi connectivity index (χ1) is 9.97. The lowest BCUT2D eigenvalue weighted by Crippen LogP contribution is -2.05. The molecule has 0 heterocycles. The molecule has 0 radical (unpaired) electrons. The van der Waals surface area contributed by atoms with Gasteiger partial charge in [-0.15, -0.1) is 0 Å². The fraction of sp³-hybridized carbons (Fsp3) is 0.250. The Bertz CT molecular complexity index is 658.